The first kappa shape index (κ1) is 12.9. The van der Waals surface area contributed by atoms with E-state index >= 15 is 0 Å². The number of benzene rings is 1. The predicted octanol–water partition coefficient (Wildman–Crippen LogP) is 2.81. The second-order valence-corrected chi connectivity index (χ2v) is 6.35. The molecule has 1 aromatic carbocycles. The van der Waals surface area contributed by atoms with Crippen LogP contribution in [0, 0.1) is 0 Å². The average Bonchev–Trinajstić information content (AvgIpc) is 2.25. The first-order chi connectivity index (χ1) is 7.44. The fraction of sp³-hybridized carbons (Fsp3) is 0.417. The van der Waals surface area contributed by atoms with Crippen molar-refractivity contribution in [3.8, 4) is 0 Å². The summed E-state index contributed by atoms with van der Waals surface area (Å²) < 4.78 is 0.207. The number of amidine groups is 1. The molecule has 16 heavy (non-hydrogen) atoms. The number of nitrogens with zero attached hydrogens (tertiary/aromatic N) is 1. The van der Waals surface area contributed by atoms with Gasteiger partial charge in [0.25, 0.3) is 0 Å². The average molecular weight is 238 g/mol. The smallest absolute Gasteiger partial charge is 0.170 e. The topological polar surface area (TPSA) is 58.6 Å². The zero-order valence-electron chi connectivity index (χ0n) is 9.90. The van der Waals surface area contributed by atoms with Crippen LogP contribution in [0.2, 0.25) is 0 Å². The summed E-state index contributed by atoms with van der Waals surface area (Å²) in [7, 11) is 0. The lowest BCUT2D eigenvalue weighted by Crippen LogP contribution is -2.16. The summed E-state index contributed by atoms with van der Waals surface area (Å²) in [6, 6.07) is 7.73. The van der Waals surface area contributed by atoms with E-state index in [0.717, 1.165) is 16.9 Å². The predicted molar refractivity (Wildman–Crippen MR) is 70.0 cm³/mol. The van der Waals surface area contributed by atoms with Crippen molar-refractivity contribution in [1.82, 2.24) is 0 Å². The minimum atomic E-state index is 0.171. The Morgan fingerprint density at radius 3 is 2.56 bits per heavy atom. The maximum atomic E-state index is 8.70. The van der Waals surface area contributed by atoms with Crippen molar-refractivity contribution in [3.63, 3.8) is 0 Å². The Balaban J connectivity index is 2.88. The fourth-order valence-electron chi connectivity index (χ4n) is 1.24. The molecule has 0 aromatic heterocycles. The Morgan fingerprint density at radius 1 is 1.38 bits per heavy atom. The van der Waals surface area contributed by atoms with E-state index in [2.05, 4.69) is 25.9 Å². The summed E-state index contributed by atoms with van der Waals surface area (Å²) in [4.78, 5) is 0. The van der Waals surface area contributed by atoms with Crippen molar-refractivity contribution in [3.05, 3.63) is 35.4 Å². The van der Waals surface area contributed by atoms with Crippen molar-refractivity contribution in [2.45, 2.75) is 31.3 Å². The van der Waals surface area contributed by atoms with Gasteiger partial charge in [0.1, 0.15) is 0 Å². The molecule has 0 spiro atoms. The Morgan fingerprint density at radius 2 is 2.00 bits per heavy atom. The zero-order chi connectivity index (χ0) is 12.2. The minimum Gasteiger partial charge on any atom is -0.409 e. The summed E-state index contributed by atoms with van der Waals surface area (Å²) in [5, 5.41) is 11.7. The molecule has 0 radical (unpaired) electrons. The van der Waals surface area contributed by atoms with Crippen molar-refractivity contribution in [1.29, 1.82) is 0 Å². The molecule has 0 saturated carbocycles. The number of hydrogen-bond donors (Lipinski definition) is 2. The molecule has 0 heterocycles. The lowest BCUT2D eigenvalue weighted by molar-refractivity contribution is 0.318. The van der Waals surface area contributed by atoms with Crippen LogP contribution in [-0.2, 0) is 5.75 Å². The molecular formula is C12H18N2OS. The molecule has 3 nitrogen and oxygen atoms in total. The van der Waals surface area contributed by atoms with E-state index in [4.69, 9.17) is 10.9 Å². The van der Waals surface area contributed by atoms with Crippen LogP contribution in [0.5, 0.6) is 0 Å². The van der Waals surface area contributed by atoms with Gasteiger partial charge in [0.05, 0.1) is 0 Å². The first-order valence-corrected chi connectivity index (χ1v) is 6.12. The van der Waals surface area contributed by atoms with Gasteiger partial charge in [0.15, 0.2) is 5.84 Å². The van der Waals surface area contributed by atoms with Crippen molar-refractivity contribution in [2.75, 3.05) is 0 Å². The molecule has 0 unspecified atom stereocenters. The Labute approximate surface area is 101 Å². The molecule has 88 valence electrons. The van der Waals surface area contributed by atoms with Gasteiger partial charge in [-0.25, -0.2) is 0 Å². The van der Waals surface area contributed by atoms with Crippen LogP contribution in [0.3, 0.4) is 0 Å². The highest BCUT2D eigenvalue weighted by Gasteiger charge is 2.13. The van der Waals surface area contributed by atoms with Gasteiger partial charge in [-0.2, -0.15) is 11.8 Å². The number of hydrogen-bond acceptors (Lipinski definition) is 3. The van der Waals surface area contributed by atoms with Crippen molar-refractivity contribution in [2.24, 2.45) is 10.9 Å². The van der Waals surface area contributed by atoms with Gasteiger partial charge in [0, 0.05) is 16.1 Å². The highest BCUT2D eigenvalue weighted by atomic mass is 32.2. The molecular weight excluding hydrogens is 220 g/mol. The van der Waals surface area contributed by atoms with Crippen LogP contribution in [0.25, 0.3) is 0 Å². The van der Waals surface area contributed by atoms with Gasteiger partial charge in [-0.15, -0.1) is 0 Å². The molecule has 3 N–H and O–H groups in total. The van der Waals surface area contributed by atoms with Gasteiger partial charge in [-0.1, -0.05) is 50.2 Å². The summed E-state index contributed by atoms with van der Waals surface area (Å²) in [6.45, 7) is 6.51. The number of rotatable bonds is 3. The molecule has 0 bridgehead atoms. The summed E-state index contributed by atoms with van der Waals surface area (Å²) in [6.07, 6.45) is 0. The molecule has 0 amide bonds. The van der Waals surface area contributed by atoms with Gasteiger partial charge in [-0.05, 0) is 5.56 Å². The highest BCUT2D eigenvalue weighted by molar-refractivity contribution is 7.99. The molecule has 0 fully saturated rings. The second-order valence-electron chi connectivity index (χ2n) is 4.54. The summed E-state index contributed by atoms with van der Waals surface area (Å²) >= 11 is 1.84. The molecule has 0 aliphatic carbocycles. The van der Waals surface area contributed by atoms with E-state index in [-0.39, 0.29) is 10.6 Å². The fourth-order valence-corrected chi connectivity index (χ4v) is 2.08. The second kappa shape index (κ2) is 5.25. The van der Waals surface area contributed by atoms with Gasteiger partial charge in [0.2, 0.25) is 0 Å². The third-order valence-electron chi connectivity index (χ3n) is 2.06. The molecule has 4 heteroatoms. The molecule has 1 aromatic rings. The maximum absolute atomic E-state index is 8.70. The lowest BCUT2D eigenvalue weighted by atomic mass is 10.1. The van der Waals surface area contributed by atoms with Crippen molar-refractivity contribution >= 4 is 17.6 Å². The van der Waals surface area contributed by atoms with Crippen LogP contribution < -0.4 is 5.73 Å². The third kappa shape index (κ3) is 3.77. The molecule has 0 aliphatic rings. The lowest BCUT2D eigenvalue weighted by Gasteiger charge is -2.18. The largest absolute Gasteiger partial charge is 0.409 e. The number of thioether (sulfide) groups is 1. The van der Waals surface area contributed by atoms with Crippen LogP contribution in [-0.4, -0.2) is 15.8 Å². The van der Waals surface area contributed by atoms with E-state index in [1.54, 1.807) is 0 Å². The van der Waals surface area contributed by atoms with E-state index in [0.29, 0.717) is 0 Å². The summed E-state index contributed by atoms with van der Waals surface area (Å²) in [5.41, 5.74) is 7.53. The zero-order valence-corrected chi connectivity index (χ0v) is 10.7. The monoisotopic (exact) mass is 238 g/mol. The van der Waals surface area contributed by atoms with Crippen molar-refractivity contribution < 1.29 is 5.21 Å². The van der Waals surface area contributed by atoms with Crippen LogP contribution >= 0.6 is 11.8 Å². The van der Waals surface area contributed by atoms with Gasteiger partial charge < -0.3 is 10.9 Å². The highest BCUT2D eigenvalue weighted by Crippen LogP contribution is 2.28. The Hall–Kier alpha value is -1.16. The van der Waals surface area contributed by atoms with Crippen LogP contribution in [0.1, 0.15) is 31.9 Å². The maximum Gasteiger partial charge on any atom is 0.170 e. The molecule has 1 rings (SSSR count). The minimum absolute atomic E-state index is 0.171. The van der Waals surface area contributed by atoms with E-state index < -0.39 is 0 Å². The quantitative estimate of drug-likeness (QED) is 0.368. The van der Waals surface area contributed by atoms with E-state index in [9.17, 15) is 0 Å². The molecule has 0 atom stereocenters. The Kier molecular flexibility index (Phi) is 4.24. The third-order valence-corrected chi connectivity index (χ3v) is 3.38. The van der Waals surface area contributed by atoms with Gasteiger partial charge in [-0.3, -0.25) is 0 Å². The Bertz CT molecular complexity index is 383. The SMILES string of the molecule is CC(C)(C)SCc1ccccc1/C(N)=N/O. The standard InChI is InChI=1S/C12H18N2OS/c1-12(2,3)16-8-9-6-4-5-7-10(9)11(13)14-15/h4-7,15H,8H2,1-3H3,(H2,13,14). The first-order valence-electron chi connectivity index (χ1n) is 5.14. The van der Waals surface area contributed by atoms with Gasteiger partial charge >= 0.3 is 0 Å². The van der Waals surface area contributed by atoms with Crippen LogP contribution in [0.4, 0.5) is 0 Å². The summed E-state index contributed by atoms with van der Waals surface area (Å²) in [5.74, 6) is 1.03. The number of oxime groups is 1. The number of nitrogens with two attached hydrogens (primary N) is 1. The van der Waals surface area contributed by atoms with Crippen LogP contribution in [0.15, 0.2) is 29.4 Å². The normalized spacial score (nSPS) is 12.8. The van der Waals surface area contributed by atoms with E-state index in [1.165, 1.54) is 0 Å². The molecule has 0 saturated heterocycles. The van der Waals surface area contributed by atoms with E-state index in [1.807, 2.05) is 36.0 Å². The molecule has 0 aliphatic heterocycles.